The Hall–Kier alpha value is -3.16. The van der Waals surface area contributed by atoms with E-state index in [2.05, 4.69) is 65.1 Å². The summed E-state index contributed by atoms with van der Waals surface area (Å²) < 4.78 is 17.3. The van der Waals surface area contributed by atoms with E-state index in [1.54, 1.807) is 0 Å². The Morgan fingerprint density at radius 2 is 1.53 bits per heavy atom. The molecule has 3 aliphatic rings. The largest absolute Gasteiger partial charge is 0.490 e. The lowest BCUT2D eigenvalue weighted by molar-refractivity contribution is -0.127. The Kier molecular flexibility index (Phi) is 5.85. The number of hydrogen-bond acceptors (Lipinski definition) is 7. The molecule has 3 aromatic rings. The zero-order chi connectivity index (χ0) is 24.8. The minimum Gasteiger partial charge on any atom is -0.490 e. The molecule has 2 aromatic carbocycles. The quantitative estimate of drug-likeness (QED) is 0.514. The fraction of sp³-hybridized carbons (Fsp3) is 0.448. The van der Waals surface area contributed by atoms with Gasteiger partial charge in [0.15, 0.2) is 0 Å². The van der Waals surface area contributed by atoms with Crippen molar-refractivity contribution in [3.05, 3.63) is 77.6 Å². The molecule has 0 bridgehead atoms. The maximum Gasteiger partial charge on any atom is 0.225 e. The Labute approximate surface area is 212 Å². The fourth-order valence-electron chi connectivity index (χ4n) is 5.21. The maximum atomic E-state index is 6.01. The number of hydrogen-bond donors (Lipinski definition) is 1. The molecule has 3 heterocycles. The Morgan fingerprint density at radius 3 is 2.06 bits per heavy atom. The van der Waals surface area contributed by atoms with Crippen molar-refractivity contribution in [2.45, 2.75) is 50.9 Å². The van der Waals surface area contributed by atoms with E-state index in [0.29, 0.717) is 18.1 Å². The summed E-state index contributed by atoms with van der Waals surface area (Å²) in [4.78, 5) is 11.3. The molecule has 188 valence electrons. The molecular weight excluding hydrogens is 452 g/mol. The summed E-state index contributed by atoms with van der Waals surface area (Å²) in [6.45, 7) is 8.61. The molecule has 36 heavy (non-hydrogen) atoms. The smallest absolute Gasteiger partial charge is 0.225 e. The van der Waals surface area contributed by atoms with Crippen molar-refractivity contribution in [3.63, 3.8) is 0 Å². The van der Waals surface area contributed by atoms with E-state index >= 15 is 0 Å². The highest BCUT2D eigenvalue weighted by molar-refractivity contribution is 5.42. The predicted molar refractivity (Wildman–Crippen MR) is 138 cm³/mol. The van der Waals surface area contributed by atoms with Crippen molar-refractivity contribution >= 4 is 5.95 Å². The standard InChI is InChI=1S/C29H34N4O3/c1-28(2,22-5-9-25(10-6-22)36-26-11-23(30)12-26)21-3-7-24(8-4-21)35-15-20-13-31-27(32-14-20)33-16-29(17-33)18-34-19-29/h3-10,13-14,23,26H,11-12,15-19,30H2,1-2H3/t23-,26+. The Balaban J connectivity index is 1.02. The highest BCUT2D eigenvalue weighted by Gasteiger charge is 2.49. The van der Waals surface area contributed by atoms with Crippen LogP contribution in [0, 0.1) is 5.41 Å². The molecule has 7 heteroatoms. The Morgan fingerprint density at radius 1 is 0.944 bits per heavy atom. The second-order valence-corrected chi connectivity index (χ2v) is 11.2. The first-order valence-corrected chi connectivity index (χ1v) is 12.8. The summed E-state index contributed by atoms with van der Waals surface area (Å²) in [7, 11) is 0. The van der Waals surface area contributed by atoms with Crippen molar-refractivity contribution in [1.29, 1.82) is 0 Å². The van der Waals surface area contributed by atoms with Gasteiger partial charge in [-0.3, -0.25) is 0 Å². The van der Waals surface area contributed by atoms with Crippen LogP contribution in [0.1, 0.15) is 43.4 Å². The van der Waals surface area contributed by atoms with Gasteiger partial charge in [-0.15, -0.1) is 0 Å². The van der Waals surface area contributed by atoms with Crippen LogP contribution < -0.4 is 20.1 Å². The van der Waals surface area contributed by atoms with Crippen LogP contribution >= 0.6 is 0 Å². The molecule has 0 amide bonds. The third kappa shape index (κ3) is 4.53. The summed E-state index contributed by atoms with van der Waals surface area (Å²) in [5, 5.41) is 0. The van der Waals surface area contributed by atoms with Crippen LogP contribution in [0.2, 0.25) is 0 Å². The van der Waals surface area contributed by atoms with E-state index in [4.69, 9.17) is 19.9 Å². The van der Waals surface area contributed by atoms with Gasteiger partial charge in [0.2, 0.25) is 5.95 Å². The zero-order valence-corrected chi connectivity index (χ0v) is 21.0. The monoisotopic (exact) mass is 486 g/mol. The lowest BCUT2D eigenvalue weighted by Crippen LogP contribution is -2.66. The normalized spacial score (nSPS) is 22.4. The first kappa shape index (κ1) is 23.3. The molecule has 0 atom stereocenters. The molecule has 1 saturated carbocycles. The zero-order valence-electron chi connectivity index (χ0n) is 21.0. The molecule has 1 aromatic heterocycles. The molecule has 0 radical (unpaired) electrons. The van der Waals surface area contributed by atoms with E-state index in [-0.39, 0.29) is 11.5 Å². The number of benzene rings is 2. The van der Waals surface area contributed by atoms with Gasteiger partial charge in [-0.1, -0.05) is 38.1 Å². The van der Waals surface area contributed by atoms with Gasteiger partial charge < -0.3 is 24.8 Å². The van der Waals surface area contributed by atoms with Gasteiger partial charge in [-0.25, -0.2) is 9.97 Å². The van der Waals surface area contributed by atoms with Gasteiger partial charge in [-0.05, 0) is 48.2 Å². The number of nitrogens with zero attached hydrogens (tertiary/aromatic N) is 3. The number of aromatic nitrogens is 2. The van der Waals surface area contributed by atoms with Crippen molar-refractivity contribution in [2.75, 3.05) is 31.2 Å². The van der Waals surface area contributed by atoms with Crippen LogP contribution in [0.3, 0.4) is 0 Å². The minimum atomic E-state index is -0.138. The van der Waals surface area contributed by atoms with Crippen LogP contribution in [0.4, 0.5) is 5.95 Å². The summed E-state index contributed by atoms with van der Waals surface area (Å²) in [5.41, 5.74) is 9.50. The van der Waals surface area contributed by atoms with Crippen LogP contribution in [-0.4, -0.2) is 48.4 Å². The van der Waals surface area contributed by atoms with Gasteiger partial charge in [0, 0.05) is 42.5 Å². The average molecular weight is 487 g/mol. The molecule has 3 fully saturated rings. The molecule has 7 nitrogen and oxygen atoms in total. The van der Waals surface area contributed by atoms with Crippen LogP contribution in [0.5, 0.6) is 11.5 Å². The molecule has 1 spiro atoms. The third-order valence-electron chi connectivity index (χ3n) is 7.84. The summed E-state index contributed by atoms with van der Waals surface area (Å²) in [6.07, 6.45) is 5.85. The van der Waals surface area contributed by atoms with Crippen molar-refractivity contribution in [1.82, 2.24) is 9.97 Å². The first-order valence-electron chi connectivity index (χ1n) is 12.8. The second kappa shape index (κ2) is 9.05. The van der Waals surface area contributed by atoms with Gasteiger partial charge in [-0.2, -0.15) is 0 Å². The second-order valence-electron chi connectivity index (χ2n) is 11.2. The first-order chi connectivity index (χ1) is 17.4. The number of nitrogens with two attached hydrogens (primary N) is 1. The van der Waals surface area contributed by atoms with E-state index in [1.165, 1.54) is 11.1 Å². The van der Waals surface area contributed by atoms with E-state index in [9.17, 15) is 0 Å². The summed E-state index contributed by atoms with van der Waals surface area (Å²) in [5.74, 6) is 2.53. The van der Waals surface area contributed by atoms with E-state index in [0.717, 1.165) is 62.2 Å². The van der Waals surface area contributed by atoms with E-state index in [1.807, 2.05) is 24.5 Å². The third-order valence-corrected chi connectivity index (χ3v) is 7.84. The number of ether oxygens (including phenoxy) is 3. The summed E-state index contributed by atoms with van der Waals surface area (Å²) >= 11 is 0. The lowest BCUT2D eigenvalue weighted by atomic mass is 9.78. The molecule has 6 rings (SSSR count). The summed E-state index contributed by atoms with van der Waals surface area (Å²) in [6, 6.07) is 17.1. The van der Waals surface area contributed by atoms with Crippen LogP contribution in [0.15, 0.2) is 60.9 Å². The fourth-order valence-corrected chi connectivity index (χ4v) is 5.21. The predicted octanol–water partition coefficient (Wildman–Crippen LogP) is 4.09. The average Bonchev–Trinajstić information content (AvgIpc) is 2.81. The van der Waals surface area contributed by atoms with Crippen molar-refractivity contribution in [3.8, 4) is 11.5 Å². The van der Waals surface area contributed by atoms with E-state index < -0.39 is 0 Å². The van der Waals surface area contributed by atoms with Gasteiger partial charge >= 0.3 is 0 Å². The Bertz CT molecular complexity index is 1180. The topological polar surface area (TPSA) is 82.7 Å². The van der Waals surface area contributed by atoms with Crippen molar-refractivity contribution < 1.29 is 14.2 Å². The SMILES string of the molecule is CC(C)(c1ccc(OCc2cnc(N3CC4(COC4)C3)nc2)cc1)c1ccc(O[C@H]2C[C@@H](N)C2)cc1. The van der Waals surface area contributed by atoms with Crippen molar-refractivity contribution in [2.24, 2.45) is 11.1 Å². The maximum absolute atomic E-state index is 6.01. The lowest BCUT2D eigenvalue weighted by Gasteiger charge is -2.54. The molecule has 0 unspecified atom stereocenters. The minimum absolute atomic E-state index is 0.138. The van der Waals surface area contributed by atoms with Gasteiger partial charge in [0.1, 0.15) is 24.2 Å². The number of rotatable bonds is 8. The molecule has 2 aliphatic heterocycles. The highest BCUT2D eigenvalue weighted by atomic mass is 16.5. The van der Waals surface area contributed by atoms with Gasteiger partial charge in [0.25, 0.3) is 0 Å². The van der Waals surface area contributed by atoms with Crippen LogP contribution in [-0.2, 0) is 16.8 Å². The van der Waals surface area contributed by atoms with Crippen LogP contribution in [0.25, 0.3) is 0 Å². The molecule has 2 N–H and O–H groups in total. The number of anilines is 1. The molecule has 1 aliphatic carbocycles. The van der Waals surface area contributed by atoms with Gasteiger partial charge in [0.05, 0.1) is 18.6 Å². The molecular formula is C29H34N4O3. The highest BCUT2D eigenvalue weighted by Crippen LogP contribution is 2.39. The molecule has 2 saturated heterocycles.